The van der Waals surface area contributed by atoms with Crippen molar-refractivity contribution in [3.63, 3.8) is 0 Å². The molecule has 1 aromatic carbocycles. The summed E-state index contributed by atoms with van der Waals surface area (Å²) in [5.41, 5.74) is 3.49. The molecule has 0 radical (unpaired) electrons. The first-order chi connectivity index (χ1) is 9.64. The molecule has 1 aliphatic rings. The summed E-state index contributed by atoms with van der Waals surface area (Å²) in [7, 11) is 0. The van der Waals surface area contributed by atoms with E-state index in [2.05, 4.69) is 34.8 Å². The quantitative estimate of drug-likeness (QED) is 0.661. The Morgan fingerprint density at radius 1 is 1.30 bits per heavy atom. The molecule has 1 aliphatic carbocycles. The zero-order valence-corrected chi connectivity index (χ0v) is 11.9. The number of rotatable bonds is 4. The lowest BCUT2D eigenvalue weighted by Gasteiger charge is -2.27. The van der Waals surface area contributed by atoms with E-state index in [0.717, 1.165) is 6.42 Å². The van der Waals surface area contributed by atoms with Crippen LogP contribution in [0.3, 0.4) is 0 Å². The zero-order valence-electron chi connectivity index (χ0n) is 11.9. The van der Waals surface area contributed by atoms with Gasteiger partial charge in [-0.3, -0.25) is 4.79 Å². The van der Waals surface area contributed by atoms with Gasteiger partial charge in [0.25, 0.3) is 0 Å². The van der Waals surface area contributed by atoms with E-state index in [-0.39, 0.29) is 17.2 Å². The van der Waals surface area contributed by atoms with Gasteiger partial charge in [0.1, 0.15) is 0 Å². The number of hydrazone groups is 1. The third kappa shape index (κ3) is 3.23. The molecule has 0 aliphatic heterocycles. The van der Waals surface area contributed by atoms with Gasteiger partial charge in [0.05, 0.1) is 5.41 Å². The largest absolute Gasteiger partial charge is 0.273 e. The molecular weight excluding hydrogens is 248 g/mol. The number of benzene rings is 1. The Kier molecular flexibility index (Phi) is 4.51. The van der Waals surface area contributed by atoms with Crippen LogP contribution in [0.1, 0.15) is 25.8 Å². The third-order valence-corrected chi connectivity index (χ3v) is 3.40. The topological polar surface area (TPSA) is 41.5 Å². The van der Waals surface area contributed by atoms with E-state index in [4.69, 9.17) is 0 Å². The van der Waals surface area contributed by atoms with Crippen molar-refractivity contribution < 1.29 is 4.79 Å². The third-order valence-electron chi connectivity index (χ3n) is 3.40. The van der Waals surface area contributed by atoms with Crippen LogP contribution in [0.2, 0.25) is 0 Å². The second kappa shape index (κ2) is 6.33. The lowest BCUT2D eigenvalue weighted by Crippen LogP contribution is -2.29. The Morgan fingerprint density at radius 2 is 2.05 bits per heavy atom. The number of amides is 1. The number of hydrogen-bond donors (Lipinski definition) is 1. The fourth-order valence-electron chi connectivity index (χ4n) is 2.11. The second-order valence-corrected chi connectivity index (χ2v) is 5.29. The number of allylic oxidation sites excluding steroid dienone is 4. The summed E-state index contributed by atoms with van der Waals surface area (Å²) in [6.07, 6.45) is 10.9. The van der Waals surface area contributed by atoms with E-state index >= 15 is 0 Å². The van der Waals surface area contributed by atoms with Crippen LogP contribution in [-0.4, -0.2) is 12.1 Å². The predicted molar refractivity (Wildman–Crippen MR) is 82.5 cm³/mol. The lowest BCUT2D eigenvalue weighted by atomic mass is 9.76. The number of hydrogen-bond acceptors (Lipinski definition) is 2. The normalized spacial score (nSPS) is 21.6. The first kappa shape index (κ1) is 14.3. The molecule has 0 bridgehead atoms. The van der Waals surface area contributed by atoms with Gasteiger partial charge in [-0.15, -0.1) is 0 Å². The van der Waals surface area contributed by atoms with Crippen LogP contribution in [0.15, 0.2) is 59.7 Å². The highest BCUT2D eigenvalue weighted by atomic mass is 16.2. The average molecular weight is 268 g/mol. The molecule has 104 valence electrons. The van der Waals surface area contributed by atoms with Crippen molar-refractivity contribution in [2.45, 2.75) is 25.7 Å². The van der Waals surface area contributed by atoms with Gasteiger partial charge >= 0.3 is 0 Å². The Hall–Kier alpha value is -2.16. The molecule has 1 atom stereocenters. The molecule has 0 aromatic heterocycles. The molecule has 0 heterocycles. The van der Waals surface area contributed by atoms with E-state index in [1.807, 2.05) is 50.4 Å². The van der Waals surface area contributed by atoms with Crippen molar-refractivity contribution in [3.8, 4) is 0 Å². The summed E-state index contributed by atoms with van der Waals surface area (Å²) >= 11 is 0. The van der Waals surface area contributed by atoms with Crippen LogP contribution in [-0.2, 0) is 10.2 Å². The molecule has 3 heteroatoms. The Bertz CT molecular complexity index is 543. The fraction of sp³-hybridized carbons (Fsp3) is 0.294. The lowest BCUT2D eigenvalue weighted by molar-refractivity contribution is -0.123. The fourth-order valence-corrected chi connectivity index (χ4v) is 2.11. The highest BCUT2D eigenvalue weighted by Gasteiger charge is 2.27. The summed E-state index contributed by atoms with van der Waals surface area (Å²) < 4.78 is 0. The summed E-state index contributed by atoms with van der Waals surface area (Å²) in [6.45, 7) is 3.70. The predicted octanol–water partition coefficient (Wildman–Crippen LogP) is 3.20. The van der Waals surface area contributed by atoms with Crippen LogP contribution in [0.4, 0.5) is 0 Å². The SMILES string of the molecule is CC(C)C(=O)N/N=C\C1(c2ccccc2)C=CC=CC1. The van der Waals surface area contributed by atoms with Crippen LogP contribution in [0, 0.1) is 5.92 Å². The minimum atomic E-state index is -0.278. The molecule has 0 fully saturated rings. The minimum Gasteiger partial charge on any atom is -0.273 e. The molecule has 1 N–H and O–H groups in total. The maximum Gasteiger partial charge on any atom is 0.242 e. The van der Waals surface area contributed by atoms with Gasteiger partial charge in [-0.1, -0.05) is 68.5 Å². The molecule has 20 heavy (non-hydrogen) atoms. The number of nitrogens with zero attached hydrogens (tertiary/aromatic N) is 1. The van der Waals surface area contributed by atoms with E-state index in [9.17, 15) is 4.79 Å². The molecule has 0 saturated heterocycles. The molecule has 1 unspecified atom stereocenters. The summed E-state index contributed by atoms with van der Waals surface area (Å²) in [5.74, 6) is -0.138. The number of carbonyl (C=O) groups is 1. The average Bonchev–Trinajstić information content (AvgIpc) is 2.49. The van der Waals surface area contributed by atoms with Crippen LogP contribution >= 0.6 is 0 Å². The van der Waals surface area contributed by atoms with Gasteiger partial charge in [0, 0.05) is 12.1 Å². The molecule has 0 saturated carbocycles. The molecule has 1 aromatic rings. The first-order valence-electron chi connectivity index (χ1n) is 6.88. The maximum absolute atomic E-state index is 11.6. The van der Waals surface area contributed by atoms with Crippen molar-refractivity contribution in [1.29, 1.82) is 0 Å². The highest BCUT2D eigenvalue weighted by Crippen LogP contribution is 2.30. The van der Waals surface area contributed by atoms with Crippen molar-refractivity contribution in [3.05, 3.63) is 60.2 Å². The molecule has 3 nitrogen and oxygen atoms in total. The standard InChI is InChI=1S/C17H20N2O/c1-14(2)16(20)19-18-13-17(11-7-4-8-12-17)15-9-5-3-6-10-15/h3-11,13-14H,12H2,1-2H3,(H,19,20)/b18-13-. The Balaban J connectivity index is 2.21. The molecule has 0 spiro atoms. The zero-order chi connectivity index (χ0) is 14.4. The van der Waals surface area contributed by atoms with Gasteiger partial charge in [-0.25, -0.2) is 5.43 Å². The van der Waals surface area contributed by atoms with Crippen molar-refractivity contribution in [2.24, 2.45) is 11.0 Å². The smallest absolute Gasteiger partial charge is 0.242 e. The first-order valence-corrected chi connectivity index (χ1v) is 6.88. The number of carbonyl (C=O) groups excluding carboxylic acids is 1. The minimum absolute atomic E-state index is 0.0679. The Labute approximate surface area is 120 Å². The van der Waals surface area contributed by atoms with Crippen LogP contribution < -0.4 is 5.43 Å². The van der Waals surface area contributed by atoms with Gasteiger partial charge in [0.15, 0.2) is 0 Å². The second-order valence-electron chi connectivity index (χ2n) is 5.29. The van der Waals surface area contributed by atoms with Crippen molar-refractivity contribution >= 4 is 12.1 Å². The molecular formula is C17H20N2O. The van der Waals surface area contributed by atoms with E-state index in [0.29, 0.717) is 0 Å². The van der Waals surface area contributed by atoms with Gasteiger partial charge in [-0.05, 0) is 12.0 Å². The van der Waals surface area contributed by atoms with Gasteiger partial charge in [-0.2, -0.15) is 5.10 Å². The van der Waals surface area contributed by atoms with Crippen molar-refractivity contribution in [1.82, 2.24) is 5.43 Å². The van der Waals surface area contributed by atoms with E-state index < -0.39 is 0 Å². The monoisotopic (exact) mass is 268 g/mol. The highest BCUT2D eigenvalue weighted by molar-refractivity contribution is 5.82. The van der Waals surface area contributed by atoms with Crippen molar-refractivity contribution in [2.75, 3.05) is 0 Å². The van der Waals surface area contributed by atoms with Gasteiger partial charge in [0.2, 0.25) is 5.91 Å². The molecule has 2 rings (SSSR count). The van der Waals surface area contributed by atoms with Crippen LogP contribution in [0.5, 0.6) is 0 Å². The Morgan fingerprint density at radius 3 is 2.65 bits per heavy atom. The number of nitrogens with one attached hydrogen (secondary N) is 1. The maximum atomic E-state index is 11.6. The summed E-state index contributed by atoms with van der Waals surface area (Å²) in [4.78, 5) is 11.6. The molecule has 1 amide bonds. The van der Waals surface area contributed by atoms with E-state index in [1.165, 1.54) is 5.56 Å². The van der Waals surface area contributed by atoms with E-state index in [1.54, 1.807) is 0 Å². The van der Waals surface area contributed by atoms with Gasteiger partial charge < -0.3 is 0 Å². The van der Waals surface area contributed by atoms with Crippen LogP contribution in [0.25, 0.3) is 0 Å². The summed E-state index contributed by atoms with van der Waals surface area (Å²) in [5, 5.41) is 4.16. The summed E-state index contributed by atoms with van der Waals surface area (Å²) in [6, 6.07) is 10.2.